The summed E-state index contributed by atoms with van der Waals surface area (Å²) in [7, 11) is 0. The second kappa shape index (κ2) is 4.19. The van der Waals surface area contributed by atoms with Crippen molar-refractivity contribution in [3.8, 4) is 0 Å². The minimum atomic E-state index is -0.266. The van der Waals surface area contributed by atoms with Crippen molar-refractivity contribution < 1.29 is 9.59 Å². The smallest absolute Gasteiger partial charge is 0.150 e. The molecule has 0 aliphatic carbocycles. The third kappa shape index (κ3) is 2.16. The fraction of sp³-hybridized carbons (Fsp3) is 0.200. The normalized spacial score (nSPS) is 12.2. The van der Waals surface area contributed by atoms with Gasteiger partial charge in [0.25, 0.3) is 0 Å². The summed E-state index contributed by atoms with van der Waals surface area (Å²) in [5.74, 6) is -0.266. The number of carbonyl (C=O) groups is 2. The number of carbonyl (C=O) groups excluding carboxylic acids is 2. The van der Waals surface area contributed by atoms with Crippen LogP contribution in [0.5, 0.6) is 0 Å². The zero-order valence-electron chi connectivity index (χ0n) is 7.16. The minimum Gasteiger partial charge on any atom is -0.303 e. The van der Waals surface area contributed by atoms with E-state index >= 15 is 0 Å². The first-order valence-corrected chi connectivity index (χ1v) is 4.26. The molecule has 0 aromatic heterocycles. The Hall–Kier alpha value is -1.15. The molecule has 0 heterocycles. The van der Waals surface area contributed by atoms with Crippen LogP contribution in [0.3, 0.4) is 0 Å². The van der Waals surface area contributed by atoms with Crippen LogP contribution in [0.25, 0.3) is 0 Å². The Bertz CT molecular complexity index is 334. The van der Waals surface area contributed by atoms with E-state index < -0.39 is 0 Å². The van der Waals surface area contributed by atoms with E-state index in [1.54, 1.807) is 25.1 Å². The summed E-state index contributed by atoms with van der Waals surface area (Å²) in [4.78, 5) is 21.1. The Morgan fingerprint density at radius 1 is 1.38 bits per heavy atom. The van der Waals surface area contributed by atoms with Crippen molar-refractivity contribution in [3.63, 3.8) is 0 Å². The van der Waals surface area contributed by atoms with Crippen molar-refractivity contribution >= 4 is 24.2 Å². The molecular weight excluding hydrogens is 188 g/mol. The number of hydrogen-bond acceptors (Lipinski definition) is 2. The summed E-state index contributed by atoms with van der Waals surface area (Å²) >= 11 is 5.70. The zero-order valence-corrected chi connectivity index (χ0v) is 7.91. The van der Waals surface area contributed by atoms with Crippen LogP contribution in [-0.2, 0) is 4.79 Å². The molecule has 0 saturated heterocycles. The highest BCUT2D eigenvalue weighted by molar-refractivity contribution is 6.30. The first-order valence-electron chi connectivity index (χ1n) is 3.89. The van der Waals surface area contributed by atoms with Gasteiger partial charge in [0.05, 0.1) is 0 Å². The van der Waals surface area contributed by atoms with E-state index in [9.17, 15) is 9.59 Å². The molecular formula is C10H9ClO2. The molecule has 68 valence electrons. The summed E-state index contributed by atoms with van der Waals surface area (Å²) in [5, 5.41) is 0.504. The lowest BCUT2D eigenvalue weighted by molar-refractivity contribution is -0.108. The van der Waals surface area contributed by atoms with Crippen LogP contribution in [0.1, 0.15) is 28.8 Å². The van der Waals surface area contributed by atoms with E-state index in [0.717, 1.165) is 11.8 Å². The molecule has 3 heteroatoms. The maximum atomic E-state index is 10.6. The second-order valence-corrected chi connectivity index (χ2v) is 3.25. The first-order chi connectivity index (χ1) is 6.19. The molecule has 0 radical (unpaired) electrons. The van der Waals surface area contributed by atoms with Gasteiger partial charge in [-0.3, -0.25) is 4.79 Å². The van der Waals surface area contributed by atoms with Gasteiger partial charge in [-0.25, -0.2) is 0 Å². The van der Waals surface area contributed by atoms with Crippen LogP contribution in [0.15, 0.2) is 18.2 Å². The Labute approximate surface area is 81.5 Å². The molecule has 0 fully saturated rings. The zero-order chi connectivity index (χ0) is 9.84. The summed E-state index contributed by atoms with van der Waals surface area (Å²) in [5.41, 5.74) is 1.20. The van der Waals surface area contributed by atoms with E-state index in [1.165, 1.54) is 0 Å². The number of halogens is 1. The van der Waals surface area contributed by atoms with Gasteiger partial charge in [-0.2, -0.15) is 0 Å². The Morgan fingerprint density at radius 2 is 2.08 bits per heavy atom. The van der Waals surface area contributed by atoms with Gasteiger partial charge in [-0.15, -0.1) is 0 Å². The van der Waals surface area contributed by atoms with E-state index in [2.05, 4.69) is 0 Å². The van der Waals surface area contributed by atoms with E-state index in [4.69, 9.17) is 11.6 Å². The second-order valence-electron chi connectivity index (χ2n) is 2.82. The number of benzene rings is 1. The highest BCUT2D eigenvalue weighted by Gasteiger charge is 2.09. The van der Waals surface area contributed by atoms with Gasteiger partial charge in [-0.05, 0) is 17.7 Å². The highest BCUT2D eigenvalue weighted by atomic mass is 35.5. The average molecular weight is 197 g/mol. The fourth-order valence-corrected chi connectivity index (χ4v) is 1.32. The molecule has 2 nitrogen and oxygen atoms in total. The Balaban J connectivity index is 3.20. The summed E-state index contributed by atoms with van der Waals surface area (Å²) in [6, 6.07) is 4.93. The lowest BCUT2D eigenvalue weighted by Gasteiger charge is -2.06. The molecule has 1 unspecified atom stereocenters. The lowest BCUT2D eigenvalue weighted by atomic mass is 9.98. The van der Waals surface area contributed by atoms with Crippen LogP contribution >= 0.6 is 11.6 Å². The van der Waals surface area contributed by atoms with Crippen LogP contribution in [-0.4, -0.2) is 12.6 Å². The molecule has 0 aliphatic rings. The third-order valence-corrected chi connectivity index (χ3v) is 2.11. The van der Waals surface area contributed by atoms with Gasteiger partial charge in [0.15, 0.2) is 0 Å². The lowest BCUT2D eigenvalue weighted by Crippen LogP contribution is -1.99. The SMILES string of the molecule is CC(C=O)c1ccc(Cl)cc1C=O. The fourth-order valence-electron chi connectivity index (χ4n) is 1.14. The number of rotatable bonds is 3. The number of aldehydes is 2. The Morgan fingerprint density at radius 3 is 2.62 bits per heavy atom. The summed E-state index contributed by atoms with van der Waals surface area (Å²) in [6.45, 7) is 1.74. The monoisotopic (exact) mass is 196 g/mol. The van der Waals surface area contributed by atoms with Crippen molar-refractivity contribution in [2.75, 3.05) is 0 Å². The standard InChI is InChI=1S/C10H9ClO2/c1-7(5-12)10-3-2-9(11)4-8(10)6-13/h2-7H,1H3. The van der Waals surface area contributed by atoms with Gasteiger partial charge in [-0.1, -0.05) is 24.6 Å². The highest BCUT2D eigenvalue weighted by Crippen LogP contribution is 2.20. The summed E-state index contributed by atoms with van der Waals surface area (Å²) < 4.78 is 0. The van der Waals surface area contributed by atoms with Crippen LogP contribution < -0.4 is 0 Å². The Kier molecular flexibility index (Phi) is 3.20. The van der Waals surface area contributed by atoms with E-state index in [-0.39, 0.29) is 5.92 Å². The molecule has 0 amide bonds. The molecule has 13 heavy (non-hydrogen) atoms. The van der Waals surface area contributed by atoms with Gasteiger partial charge in [0, 0.05) is 16.5 Å². The van der Waals surface area contributed by atoms with Crippen LogP contribution in [0, 0.1) is 0 Å². The van der Waals surface area contributed by atoms with Crippen LogP contribution in [0.2, 0.25) is 5.02 Å². The molecule has 1 aromatic carbocycles. The molecule has 1 atom stereocenters. The van der Waals surface area contributed by atoms with Crippen molar-refractivity contribution in [2.24, 2.45) is 0 Å². The quantitative estimate of drug-likeness (QED) is 0.696. The maximum Gasteiger partial charge on any atom is 0.150 e. The third-order valence-electron chi connectivity index (χ3n) is 1.87. The predicted molar refractivity (Wildman–Crippen MR) is 51.3 cm³/mol. The van der Waals surface area contributed by atoms with Gasteiger partial charge < -0.3 is 4.79 Å². The van der Waals surface area contributed by atoms with Crippen molar-refractivity contribution in [3.05, 3.63) is 34.3 Å². The topological polar surface area (TPSA) is 34.1 Å². The largest absolute Gasteiger partial charge is 0.303 e. The first kappa shape index (κ1) is 9.93. The van der Waals surface area contributed by atoms with Crippen molar-refractivity contribution in [1.82, 2.24) is 0 Å². The molecule has 0 saturated carbocycles. The van der Waals surface area contributed by atoms with Gasteiger partial charge in [0.1, 0.15) is 12.6 Å². The molecule has 1 aromatic rings. The molecule has 0 aliphatic heterocycles. The molecule has 0 spiro atoms. The molecule has 0 bridgehead atoms. The molecule has 1 rings (SSSR count). The summed E-state index contributed by atoms with van der Waals surface area (Å²) in [6.07, 6.45) is 1.51. The van der Waals surface area contributed by atoms with Gasteiger partial charge in [0.2, 0.25) is 0 Å². The predicted octanol–water partition coefficient (Wildman–Crippen LogP) is 2.45. The van der Waals surface area contributed by atoms with E-state index in [0.29, 0.717) is 16.9 Å². The van der Waals surface area contributed by atoms with Gasteiger partial charge >= 0.3 is 0 Å². The molecule has 0 N–H and O–H groups in total. The van der Waals surface area contributed by atoms with Crippen LogP contribution in [0.4, 0.5) is 0 Å². The maximum absolute atomic E-state index is 10.6. The average Bonchev–Trinajstić information content (AvgIpc) is 2.16. The number of hydrogen-bond donors (Lipinski definition) is 0. The van der Waals surface area contributed by atoms with Crippen molar-refractivity contribution in [2.45, 2.75) is 12.8 Å². The van der Waals surface area contributed by atoms with E-state index in [1.807, 2.05) is 0 Å². The van der Waals surface area contributed by atoms with Crippen molar-refractivity contribution in [1.29, 1.82) is 0 Å². The minimum absolute atomic E-state index is 0.266.